The van der Waals surface area contributed by atoms with E-state index in [0.29, 0.717) is 22.6 Å². The molecule has 1 amide bonds. The van der Waals surface area contributed by atoms with Crippen LogP contribution in [-0.4, -0.2) is 33.4 Å². The number of H-pyrrole nitrogens is 1. The monoisotopic (exact) mass is 388 g/mol. The number of aromatic amines is 1. The average Bonchev–Trinajstić information content (AvgIpc) is 3.11. The number of carbonyl (C=O) groups excluding carboxylic acids is 1. The van der Waals surface area contributed by atoms with Gasteiger partial charge in [-0.2, -0.15) is 0 Å². The standard InChI is InChI=1S/C18H17ClN4O2S/c1-2-25-15-9-7-14(8-10-15)20-16(24)11-26-18-21-17(22-23-18)12-3-5-13(19)6-4-12/h3-10H,2,11H2,1H3,(H,20,24)(H,21,22,23). The van der Waals surface area contributed by atoms with Gasteiger partial charge in [-0.05, 0) is 55.5 Å². The Hall–Kier alpha value is -2.51. The van der Waals surface area contributed by atoms with Crippen LogP contribution in [0.2, 0.25) is 5.02 Å². The fourth-order valence-corrected chi connectivity index (χ4v) is 2.90. The molecule has 26 heavy (non-hydrogen) atoms. The maximum atomic E-state index is 12.1. The molecule has 0 fully saturated rings. The summed E-state index contributed by atoms with van der Waals surface area (Å²) in [5, 5.41) is 11.0. The number of anilines is 1. The third-order valence-electron chi connectivity index (χ3n) is 3.36. The van der Waals surface area contributed by atoms with Crippen LogP contribution in [0.15, 0.2) is 53.7 Å². The molecule has 3 aromatic rings. The number of rotatable bonds is 7. The summed E-state index contributed by atoms with van der Waals surface area (Å²) in [5.74, 6) is 1.49. The van der Waals surface area contributed by atoms with Crippen LogP contribution in [0.5, 0.6) is 5.75 Å². The largest absolute Gasteiger partial charge is 0.494 e. The smallest absolute Gasteiger partial charge is 0.234 e. The summed E-state index contributed by atoms with van der Waals surface area (Å²) in [6.45, 7) is 2.53. The number of thioether (sulfide) groups is 1. The van der Waals surface area contributed by atoms with Gasteiger partial charge in [-0.15, -0.1) is 5.10 Å². The average molecular weight is 389 g/mol. The molecule has 8 heteroatoms. The van der Waals surface area contributed by atoms with Gasteiger partial charge in [-0.3, -0.25) is 9.89 Å². The van der Waals surface area contributed by atoms with Gasteiger partial charge in [0.2, 0.25) is 11.1 Å². The van der Waals surface area contributed by atoms with Gasteiger partial charge in [0.25, 0.3) is 0 Å². The zero-order chi connectivity index (χ0) is 18.4. The molecule has 0 saturated carbocycles. The number of nitrogens with one attached hydrogen (secondary N) is 2. The highest BCUT2D eigenvalue weighted by atomic mass is 35.5. The molecule has 1 heterocycles. The molecule has 1 aromatic heterocycles. The second-order valence-electron chi connectivity index (χ2n) is 5.27. The molecular weight excluding hydrogens is 372 g/mol. The van der Waals surface area contributed by atoms with Gasteiger partial charge >= 0.3 is 0 Å². The highest BCUT2D eigenvalue weighted by molar-refractivity contribution is 7.99. The van der Waals surface area contributed by atoms with Crippen molar-refractivity contribution in [1.82, 2.24) is 15.2 Å². The molecule has 0 aliphatic heterocycles. The van der Waals surface area contributed by atoms with Crippen molar-refractivity contribution in [2.24, 2.45) is 0 Å². The van der Waals surface area contributed by atoms with Gasteiger partial charge in [0.1, 0.15) is 5.75 Å². The molecule has 2 aromatic carbocycles. The van der Waals surface area contributed by atoms with Crippen LogP contribution < -0.4 is 10.1 Å². The lowest BCUT2D eigenvalue weighted by atomic mass is 10.2. The van der Waals surface area contributed by atoms with Crippen molar-refractivity contribution < 1.29 is 9.53 Å². The van der Waals surface area contributed by atoms with Gasteiger partial charge in [0.15, 0.2) is 5.82 Å². The molecule has 2 N–H and O–H groups in total. The van der Waals surface area contributed by atoms with E-state index in [-0.39, 0.29) is 11.7 Å². The van der Waals surface area contributed by atoms with Crippen molar-refractivity contribution in [3.8, 4) is 17.1 Å². The first-order valence-corrected chi connectivity index (χ1v) is 9.34. The van der Waals surface area contributed by atoms with Crippen LogP contribution in [0.3, 0.4) is 0 Å². The SMILES string of the molecule is CCOc1ccc(NC(=O)CSc2n[nH]c(-c3ccc(Cl)cc3)n2)cc1. The molecule has 0 bridgehead atoms. The number of amides is 1. The van der Waals surface area contributed by atoms with Crippen molar-refractivity contribution in [2.75, 3.05) is 17.7 Å². The molecule has 0 spiro atoms. The normalized spacial score (nSPS) is 10.5. The van der Waals surface area contributed by atoms with E-state index in [9.17, 15) is 4.79 Å². The number of benzene rings is 2. The molecular formula is C18H17ClN4O2S. The van der Waals surface area contributed by atoms with Crippen molar-refractivity contribution in [3.05, 3.63) is 53.6 Å². The first kappa shape index (κ1) is 18.3. The van der Waals surface area contributed by atoms with E-state index in [1.54, 1.807) is 24.3 Å². The maximum absolute atomic E-state index is 12.1. The number of hydrogen-bond donors (Lipinski definition) is 2. The van der Waals surface area contributed by atoms with Crippen LogP contribution in [-0.2, 0) is 4.79 Å². The minimum absolute atomic E-state index is 0.128. The van der Waals surface area contributed by atoms with Gasteiger partial charge in [-0.25, -0.2) is 4.98 Å². The molecule has 0 radical (unpaired) electrons. The summed E-state index contributed by atoms with van der Waals surface area (Å²) < 4.78 is 5.37. The molecule has 3 rings (SSSR count). The molecule has 134 valence electrons. The number of carbonyl (C=O) groups is 1. The quantitative estimate of drug-likeness (QED) is 0.591. The Labute approximate surface area is 160 Å². The number of halogens is 1. The summed E-state index contributed by atoms with van der Waals surface area (Å²) in [6.07, 6.45) is 0. The summed E-state index contributed by atoms with van der Waals surface area (Å²) in [7, 11) is 0. The van der Waals surface area contributed by atoms with Gasteiger partial charge in [0.05, 0.1) is 12.4 Å². The lowest BCUT2D eigenvalue weighted by Gasteiger charge is -2.06. The Bertz CT molecular complexity index is 866. The third-order valence-corrected chi connectivity index (χ3v) is 4.46. The number of nitrogens with zero attached hydrogens (tertiary/aromatic N) is 2. The van der Waals surface area contributed by atoms with E-state index >= 15 is 0 Å². The lowest BCUT2D eigenvalue weighted by Crippen LogP contribution is -2.14. The number of aromatic nitrogens is 3. The lowest BCUT2D eigenvalue weighted by molar-refractivity contribution is -0.113. The van der Waals surface area contributed by atoms with Crippen LogP contribution >= 0.6 is 23.4 Å². The van der Waals surface area contributed by atoms with E-state index in [4.69, 9.17) is 16.3 Å². The van der Waals surface area contributed by atoms with Crippen LogP contribution in [0.25, 0.3) is 11.4 Å². The van der Waals surface area contributed by atoms with E-state index < -0.39 is 0 Å². The fourth-order valence-electron chi connectivity index (χ4n) is 2.18. The first-order chi connectivity index (χ1) is 12.6. The Morgan fingerprint density at radius 3 is 2.62 bits per heavy atom. The van der Waals surface area contributed by atoms with Crippen molar-refractivity contribution in [1.29, 1.82) is 0 Å². The van der Waals surface area contributed by atoms with E-state index in [1.165, 1.54) is 11.8 Å². The van der Waals surface area contributed by atoms with Crippen LogP contribution in [0, 0.1) is 0 Å². The van der Waals surface area contributed by atoms with Gasteiger partial charge in [-0.1, -0.05) is 23.4 Å². The number of hydrogen-bond acceptors (Lipinski definition) is 5. The fraction of sp³-hybridized carbons (Fsp3) is 0.167. The van der Waals surface area contributed by atoms with E-state index in [0.717, 1.165) is 17.0 Å². The van der Waals surface area contributed by atoms with Gasteiger partial charge < -0.3 is 10.1 Å². The molecule has 0 atom stereocenters. The predicted octanol–water partition coefficient (Wildman–Crippen LogP) is 4.25. The Morgan fingerprint density at radius 1 is 1.19 bits per heavy atom. The van der Waals surface area contributed by atoms with Crippen molar-refractivity contribution >= 4 is 35.0 Å². The van der Waals surface area contributed by atoms with Crippen LogP contribution in [0.4, 0.5) is 5.69 Å². The van der Waals surface area contributed by atoms with Crippen molar-refractivity contribution in [2.45, 2.75) is 12.1 Å². The maximum Gasteiger partial charge on any atom is 0.234 e. The molecule has 6 nitrogen and oxygen atoms in total. The minimum atomic E-state index is -0.128. The first-order valence-electron chi connectivity index (χ1n) is 7.98. The zero-order valence-electron chi connectivity index (χ0n) is 14.0. The summed E-state index contributed by atoms with van der Waals surface area (Å²) in [5.41, 5.74) is 1.60. The van der Waals surface area contributed by atoms with Crippen LogP contribution in [0.1, 0.15) is 6.92 Å². The highest BCUT2D eigenvalue weighted by Gasteiger charge is 2.09. The zero-order valence-corrected chi connectivity index (χ0v) is 15.6. The minimum Gasteiger partial charge on any atom is -0.494 e. The molecule has 0 unspecified atom stereocenters. The molecule has 0 aliphatic rings. The predicted molar refractivity (Wildman–Crippen MR) is 104 cm³/mol. The van der Waals surface area contributed by atoms with E-state index in [2.05, 4.69) is 20.5 Å². The second-order valence-corrected chi connectivity index (χ2v) is 6.65. The second kappa shape index (κ2) is 8.73. The topological polar surface area (TPSA) is 79.9 Å². The highest BCUT2D eigenvalue weighted by Crippen LogP contribution is 2.21. The van der Waals surface area contributed by atoms with Crippen molar-refractivity contribution in [3.63, 3.8) is 0 Å². The molecule has 0 saturated heterocycles. The number of ether oxygens (including phenoxy) is 1. The molecule has 0 aliphatic carbocycles. The van der Waals surface area contributed by atoms with Gasteiger partial charge in [0, 0.05) is 16.3 Å². The summed E-state index contributed by atoms with van der Waals surface area (Å²) >= 11 is 7.14. The summed E-state index contributed by atoms with van der Waals surface area (Å²) in [4.78, 5) is 16.4. The van der Waals surface area contributed by atoms with E-state index in [1.807, 2.05) is 31.2 Å². The third kappa shape index (κ3) is 5.00. The summed E-state index contributed by atoms with van der Waals surface area (Å²) in [6, 6.07) is 14.5. The Kier molecular flexibility index (Phi) is 6.14. The Balaban J connectivity index is 1.52. The Morgan fingerprint density at radius 2 is 1.92 bits per heavy atom.